The fourth-order valence-electron chi connectivity index (χ4n) is 2.32. The van der Waals surface area contributed by atoms with Crippen LogP contribution in [0.1, 0.15) is 11.1 Å². The predicted molar refractivity (Wildman–Crippen MR) is 84.7 cm³/mol. The molecule has 1 aliphatic heterocycles. The smallest absolute Gasteiger partial charge is 0.189 e. The molecule has 1 fully saturated rings. The van der Waals surface area contributed by atoms with Crippen molar-refractivity contribution in [2.75, 3.05) is 13.2 Å². The van der Waals surface area contributed by atoms with E-state index in [1.165, 1.54) is 0 Å². The van der Waals surface area contributed by atoms with Crippen LogP contribution in [0.3, 0.4) is 0 Å². The summed E-state index contributed by atoms with van der Waals surface area (Å²) in [6, 6.07) is 19.7. The lowest BCUT2D eigenvalue weighted by Crippen LogP contribution is -2.21. The fourth-order valence-corrected chi connectivity index (χ4v) is 2.32. The molecule has 0 unspecified atom stereocenters. The van der Waals surface area contributed by atoms with E-state index in [1.54, 1.807) is 0 Å². The minimum absolute atomic E-state index is 0.0777. The highest BCUT2D eigenvalue weighted by Gasteiger charge is 2.20. The maximum Gasteiger partial charge on any atom is 0.189 e. The second-order valence-electron chi connectivity index (χ2n) is 4.98. The molecule has 3 rings (SSSR count). The lowest BCUT2D eigenvalue weighted by Gasteiger charge is -2.17. The van der Waals surface area contributed by atoms with Crippen LogP contribution in [0.25, 0.3) is 12.2 Å². The molecule has 0 saturated carbocycles. The van der Waals surface area contributed by atoms with E-state index in [9.17, 15) is 4.79 Å². The van der Waals surface area contributed by atoms with Crippen molar-refractivity contribution in [1.82, 2.24) is 0 Å². The molecule has 0 aliphatic carbocycles. The highest BCUT2D eigenvalue weighted by atomic mass is 16.5. The van der Waals surface area contributed by atoms with Gasteiger partial charge in [-0.1, -0.05) is 60.7 Å². The number of rotatable bonds is 2. The van der Waals surface area contributed by atoms with E-state index in [-0.39, 0.29) is 5.78 Å². The van der Waals surface area contributed by atoms with Crippen molar-refractivity contribution in [3.63, 3.8) is 0 Å². The molecule has 0 radical (unpaired) electrons. The first-order valence-corrected chi connectivity index (χ1v) is 6.96. The summed E-state index contributed by atoms with van der Waals surface area (Å²) in [5, 5.41) is 0. The van der Waals surface area contributed by atoms with Crippen molar-refractivity contribution in [3.8, 4) is 0 Å². The van der Waals surface area contributed by atoms with Gasteiger partial charge in [-0.15, -0.1) is 0 Å². The summed E-state index contributed by atoms with van der Waals surface area (Å²) in [6.07, 6.45) is 3.81. The van der Waals surface area contributed by atoms with Gasteiger partial charge in [0.2, 0.25) is 0 Å². The first-order chi connectivity index (χ1) is 10.3. The number of benzene rings is 2. The van der Waals surface area contributed by atoms with Gasteiger partial charge in [-0.3, -0.25) is 4.79 Å². The molecule has 0 atom stereocenters. The van der Waals surface area contributed by atoms with Crippen molar-refractivity contribution in [2.45, 2.75) is 0 Å². The predicted octanol–water partition coefficient (Wildman–Crippen LogP) is 3.75. The Labute approximate surface area is 124 Å². The van der Waals surface area contributed by atoms with Gasteiger partial charge in [0.15, 0.2) is 5.78 Å². The Morgan fingerprint density at radius 1 is 0.714 bits per heavy atom. The third-order valence-corrected chi connectivity index (χ3v) is 3.38. The third-order valence-electron chi connectivity index (χ3n) is 3.38. The van der Waals surface area contributed by atoms with E-state index in [2.05, 4.69) is 0 Å². The van der Waals surface area contributed by atoms with E-state index in [0.29, 0.717) is 24.4 Å². The number of hydrogen-bond donors (Lipinski definition) is 0. The van der Waals surface area contributed by atoms with Crippen molar-refractivity contribution < 1.29 is 9.53 Å². The largest absolute Gasteiger partial charge is 0.372 e. The summed E-state index contributed by atoms with van der Waals surface area (Å²) in [5.74, 6) is 0.0777. The van der Waals surface area contributed by atoms with Crippen LogP contribution < -0.4 is 0 Å². The lowest BCUT2D eigenvalue weighted by molar-refractivity contribution is -0.114. The van der Waals surface area contributed by atoms with Gasteiger partial charge >= 0.3 is 0 Å². The molecule has 2 aromatic rings. The Bertz CT molecular complexity index is 623. The molecule has 2 aromatic carbocycles. The molecule has 0 amide bonds. The van der Waals surface area contributed by atoms with E-state index in [0.717, 1.165) is 11.1 Å². The molecule has 2 nitrogen and oxygen atoms in total. The van der Waals surface area contributed by atoms with Crippen LogP contribution in [0.5, 0.6) is 0 Å². The molecule has 0 bridgehead atoms. The van der Waals surface area contributed by atoms with E-state index >= 15 is 0 Å². The van der Waals surface area contributed by atoms with Gasteiger partial charge in [-0.05, 0) is 23.3 Å². The van der Waals surface area contributed by atoms with Gasteiger partial charge in [0, 0.05) is 11.1 Å². The second kappa shape index (κ2) is 6.33. The molecule has 0 N–H and O–H groups in total. The highest BCUT2D eigenvalue weighted by molar-refractivity contribution is 6.14. The topological polar surface area (TPSA) is 26.3 Å². The fraction of sp³-hybridized carbons (Fsp3) is 0.105. The Hall–Kier alpha value is -2.45. The zero-order valence-electron chi connectivity index (χ0n) is 11.7. The summed E-state index contributed by atoms with van der Waals surface area (Å²) in [6.45, 7) is 0.750. The second-order valence-corrected chi connectivity index (χ2v) is 4.98. The van der Waals surface area contributed by atoms with Gasteiger partial charge in [-0.2, -0.15) is 0 Å². The van der Waals surface area contributed by atoms with Gasteiger partial charge in [0.1, 0.15) is 0 Å². The molecule has 1 heterocycles. The van der Waals surface area contributed by atoms with Crippen LogP contribution >= 0.6 is 0 Å². The number of hydrogen-bond acceptors (Lipinski definition) is 2. The first-order valence-electron chi connectivity index (χ1n) is 6.96. The van der Waals surface area contributed by atoms with E-state index < -0.39 is 0 Å². The monoisotopic (exact) mass is 276 g/mol. The van der Waals surface area contributed by atoms with Crippen LogP contribution in [-0.4, -0.2) is 19.0 Å². The van der Waals surface area contributed by atoms with Crippen molar-refractivity contribution in [3.05, 3.63) is 82.9 Å². The molecule has 0 spiro atoms. The van der Waals surface area contributed by atoms with Crippen LogP contribution in [0.4, 0.5) is 0 Å². The first kappa shape index (κ1) is 13.5. The number of ketones is 1. The van der Waals surface area contributed by atoms with E-state index in [4.69, 9.17) is 4.74 Å². The SMILES string of the molecule is O=C1/C(=C\c2ccccc2)COC/C1=C/c1ccccc1. The van der Waals surface area contributed by atoms with E-state index in [1.807, 2.05) is 72.8 Å². The normalized spacial score (nSPS) is 19.1. The average Bonchev–Trinajstić information content (AvgIpc) is 2.53. The maximum absolute atomic E-state index is 12.5. The molecular weight excluding hydrogens is 260 g/mol. The van der Waals surface area contributed by atoms with Gasteiger partial charge in [0.25, 0.3) is 0 Å². The Balaban J connectivity index is 1.88. The van der Waals surface area contributed by atoms with Gasteiger partial charge in [0.05, 0.1) is 13.2 Å². The quantitative estimate of drug-likeness (QED) is 0.781. The minimum atomic E-state index is 0.0777. The molecular formula is C19H16O2. The molecule has 104 valence electrons. The summed E-state index contributed by atoms with van der Waals surface area (Å²) >= 11 is 0. The Morgan fingerprint density at radius 3 is 1.57 bits per heavy atom. The molecule has 1 aliphatic rings. The van der Waals surface area contributed by atoms with Crippen molar-refractivity contribution >= 4 is 17.9 Å². The third kappa shape index (κ3) is 3.36. The summed E-state index contributed by atoms with van der Waals surface area (Å²) in [5.41, 5.74) is 3.44. The lowest BCUT2D eigenvalue weighted by atomic mass is 9.98. The van der Waals surface area contributed by atoms with Crippen LogP contribution in [-0.2, 0) is 9.53 Å². The van der Waals surface area contributed by atoms with Crippen LogP contribution in [0, 0.1) is 0 Å². The molecule has 1 saturated heterocycles. The van der Waals surface area contributed by atoms with Crippen molar-refractivity contribution in [1.29, 1.82) is 0 Å². The number of carbonyl (C=O) groups is 1. The summed E-state index contributed by atoms with van der Waals surface area (Å²) < 4.78 is 5.55. The average molecular weight is 276 g/mol. The minimum Gasteiger partial charge on any atom is -0.372 e. The van der Waals surface area contributed by atoms with Gasteiger partial charge in [-0.25, -0.2) is 0 Å². The molecule has 21 heavy (non-hydrogen) atoms. The standard InChI is InChI=1S/C19H16O2/c20-19-17(11-15-7-3-1-4-8-15)13-21-14-18(19)12-16-9-5-2-6-10-16/h1-12H,13-14H2/b17-11-,18-12-. The zero-order chi connectivity index (χ0) is 14.5. The van der Waals surface area contributed by atoms with Crippen LogP contribution in [0.2, 0.25) is 0 Å². The van der Waals surface area contributed by atoms with Crippen molar-refractivity contribution in [2.24, 2.45) is 0 Å². The maximum atomic E-state index is 12.5. The number of ether oxygens (including phenoxy) is 1. The zero-order valence-corrected chi connectivity index (χ0v) is 11.7. The van der Waals surface area contributed by atoms with Crippen LogP contribution in [0.15, 0.2) is 71.8 Å². The Morgan fingerprint density at radius 2 is 1.14 bits per heavy atom. The number of Topliss-reactive ketones (excluding diaryl/α,β-unsaturated/α-hetero) is 1. The Kier molecular flexibility index (Phi) is 4.08. The number of carbonyl (C=O) groups excluding carboxylic acids is 1. The highest BCUT2D eigenvalue weighted by Crippen LogP contribution is 2.19. The summed E-state index contributed by atoms with van der Waals surface area (Å²) in [7, 11) is 0. The van der Waals surface area contributed by atoms with Gasteiger partial charge < -0.3 is 4.74 Å². The molecule has 0 aromatic heterocycles. The summed E-state index contributed by atoms with van der Waals surface area (Å²) in [4.78, 5) is 12.5. The molecule has 2 heteroatoms.